The predicted octanol–water partition coefficient (Wildman–Crippen LogP) is 2.47. The Hall–Kier alpha value is -3.42. The number of carbonyl (C=O) groups is 2. The van der Waals surface area contributed by atoms with Gasteiger partial charge in [0.1, 0.15) is 23.2 Å². The lowest BCUT2D eigenvalue weighted by molar-refractivity contribution is -0.119. The van der Waals surface area contributed by atoms with Crippen LogP contribution in [0.15, 0.2) is 24.3 Å². The molecule has 1 fully saturated rings. The van der Waals surface area contributed by atoms with Crippen LogP contribution < -0.4 is 14.8 Å². The molecular formula is C20H19NO7. The summed E-state index contributed by atoms with van der Waals surface area (Å²) in [6, 6.07) is 5.61. The van der Waals surface area contributed by atoms with Crippen LogP contribution in [0.25, 0.3) is 0 Å². The van der Waals surface area contributed by atoms with Crippen LogP contribution in [0, 0.1) is 0 Å². The van der Waals surface area contributed by atoms with Crippen molar-refractivity contribution in [1.82, 2.24) is 5.32 Å². The minimum atomic E-state index is -0.662. The van der Waals surface area contributed by atoms with Crippen molar-refractivity contribution < 1.29 is 34.4 Å². The summed E-state index contributed by atoms with van der Waals surface area (Å²) in [6.45, 7) is 0. The van der Waals surface area contributed by atoms with E-state index in [1.165, 1.54) is 19.2 Å². The summed E-state index contributed by atoms with van der Waals surface area (Å²) < 4.78 is 11.2. The largest absolute Gasteiger partial charge is 0.508 e. The fourth-order valence-electron chi connectivity index (χ4n) is 3.75. The number of phenolic OH excluding ortho intramolecular Hbond substituents is 3. The van der Waals surface area contributed by atoms with Crippen molar-refractivity contribution in [2.45, 2.75) is 31.4 Å². The molecule has 1 amide bonds. The molecule has 0 radical (unpaired) electrons. The van der Waals surface area contributed by atoms with Gasteiger partial charge in [-0.05, 0) is 24.1 Å². The van der Waals surface area contributed by atoms with Crippen molar-refractivity contribution in [3.05, 3.63) is 41.0 Å². The Morgan fingerprint density at radius 1 is 1.11 bits per heavy atom. The van der Waals surface area contributed by atoms with Crippen LogP contribution in [-0.2, 0) is 4.79 Å². The highest BCUT2D eigenvalue weighted by molar-refractivity contribution is 6.04. The fraction of sp³-hybridized carbons (Fsp3) is 0.300. The molecule has 4 N–H and O–H groups in total. The monoisotopic (exact) mass is 385 g/mol. The number of aromatic hydroxyl groups is 3. The molecule has 0 unspecified atom stereocenters. The summed E-state index contributed by atoms with van der Waals surface area (Å²) in [5.41, 5.74) is 0.646. The first-order valence-electron chi connectivity index (χ1n) is 8.84. The highest BCUT2D eigenvalue weighted by Crippen LogP contribution is 2.54. The van der Waals surface area contributed by atoms with E-state index in [4.69, 9.17) is 9.47 Å². The molecule has 4 rings (SSSR count). The topological polar surface area (TPSA) is 125 Å². The molecule has 2 aliphatic heterocycles. The Kier molecular flexibility index (Phi) is 4.26. The number of nitrogens with one attached hydrogen (secondary N) is 1. The number of hydrogen-bond donors (Lipinski definition) is 4. The van der Waals surface area contributed by atoms with Gasteiger partial charge < -0.3 is 30.1 Å². The Balaban J connectivity index is 1.82. The second-order valence-electron chi connectivity index (χ2n) is 6.83. The lowest BCUT2D eigenvalue weighted by atomic mass is 9.91. The Morgan fingerprint density at radius 2 is 1.82 bits per heavy atom. The quantitative estimate of drug-likeness (QED) is 0.639. The van der Waals surface area contributed by atoms with E-state index >= 15 is 0 Å². The third-order valence-corrected chi connectivity index (χ3v) is 5.12. The minimum absolute atomic E-state index is 0.0320. The molecule has 2 aliphatic rings. The van der Waals surface area contributed by atoms with Crippen molar-refractivity contribution in [3.8, 4) is 28.7 Å². The summed E-state index contributed by atoms with van der Waals surface area (Å²) >= 11 is 0. The SMILES string of the molecule is COc1c(O)c([C@H]2CCC(=O)N2)c(O)c2c1O[C@@H](c1ccc(O)cc1)CC2=O. The Morgan fingerprint density at radius 3 is 2.43 bits per heavy atom. The molecule has 0 aliphatic carbocycles. The first-order valence-corrected chi connectivity index (χ1v) is 8.84. The second-order valence-corrected chi connectivity index (χ2v) is 6.83. The van der Waals surface area contributed by atoms with Crippen LogP contribution in [0.1, 0.15) is 52.9 Å². The van der Waals surface area contributed by atoms with E-state index in [0.717, 1.165) is 0 Å². The maximum Gasteiger partial charge on any atom is 0.220 e. The molecule has 0 bridgehead atoms. The number of carbonyl (C=O) groups excluding carboxylic acids is 2. The van der Waals surface area contributed by atoms with E-state index in [0.29, 0.717) is 12.0 Å². The average Bonchev–Trinajstić information content (AvgIpc) is 3.08. The molecule has 28 heavy (non-hydrogen) atoms. The number of ether oxygens (including phenoxy) is 2. The summed E-state index contributed by atoms with van der Waals surface area (Å²) in [5.74, 6) is -1.38. The number of phenols is 3. The smallest absolute Gasteiger partial charge is 0.220 e. The molecule has 2 aromatic carbocycles. The fourth-order valence-corrected chi connectivity index (χ4v) is 3.75. The van der Waals surface area contributed by atoms with Gasteiger partial charge in [-0.3, -0.25) is 9.59 Å². The lowest BCUT2D eigenvalue weighted by Gasteiger charge is -2.29. The zero-order chi connectivity index (χ0) is 20.0. The van der Waals surface area contributed by atoms with Crippen molar-refractivity contribution in [3.63, 3.8) is 0 Å². The molecule has 0 spiro atoms. The number of amides is 1. The number of Topliss-reactive ketones (excluding diaryl/α,β-unsaturated/α-hetero) is 1. The van der Waals surface area contributed by atoms with E-state index in [2.05, 4.69) is 5.32 Å². The number of methoxy groups -OCH3 is 1. The molecular weight excluding hydrogens is 366 g/mol. The van der Waals surface area contributed by atoms with Crippen molar-refractivity contribution in [2.24, 2.45) is 0 Å². The number of rotatable bonds is 3. The minimum Gasteiger partial charge on any atom is -0.508 e. The molecule has 146 valence electrons. The standard InChI is InChI=1S/C20H19NO7/c1-27-20-18(26)15(11-6-7-14(24)21-11)17(25)16-12(23)8-13(28-19(16)20)9-2-4-10(22)5-3-9/h2-5,11,13,22,25-26H,6-8H2,1H3,(H,21,24)/t11-,13-/m1/s1. The van der Waals surface area contributed by atoms with Gasteiger partial charge in [-0.1, -0.05) is 12.1 Å². The Bertz CT molecular complexity index is 968. The van der Waals surface area contributed by atoms with Gasteiger partial charge in [0.15, 0.2) is 17.3 Å². The first kappa shape index (κ1) is 18.0. The number of benzene rings is 2. The molecule has 8 nitrogen and oxygen atoms in total. The van der Waals surface area contributed by atoms with E-state index in [-0.39, 0.29) is 58.7 Å². The maximum absolute atomic E-state index is 12.9. The molecule has 2 aromatic rings. The third-order valence-electron chi connectivity index (χ3n) is 5.12. The van der Waals surface area contributed by atoms with E-state index in [1.54, 1.807) is 12.1 Å². The van der Waals surface area contributed by atoms with Crippen LogP contribution in [0.2, 0.25) is 0 Å². The van der Waals surface area contributed by atoms with Gasteiger partial charge in [-0.15, -0.1) is 0 Å². The summed E-state index contributed by atoms with van der Waals surface area (Å²) in [4.78, 5) is 24.4. The normalized spacial score (nSPS) is 21.0. The first-order chi connectivity index (χ1) is 13.4. The van der Waals surface area contributed by atoms with Gasteiger partial charge >= 0.3 is 0 Å². The van der Waals surface area contributed by atoms with Gasteiger partial charge in [0.2, 0.25) is 11.7 Å². The molecule has 0 saturated carbocycles. The van der Waals surface area contributed by atoms with E-state index in [1.807, 2.05) is 0 Å². The second kappa shape index (κ2) is 6.63. The third kappa shape index (κ3) is 2.77. The number of fused-ring (bicyclic) bond motifs is 1. The highest BCUT2D eigenvalue weighted by atomic mass is 16.5. The van der Waals surface area contributed by atoms with Gasteiger partial charge in [0, 0.05) is 6.42 Å². The van der Waals surface area contributed by atoms with Crippen LogP contribution in [0.4, 0.5) is 0 Å². The molecule has 1 saturated heterocycles. The molecule has 2 heterocycles. The van der Waals surface area contributed by atoms with Crippen LogP contribution in [0.3, 0.4) is 0 Å². The zero-order valence-electron chi connectivity index (χ0n) is 15.1. The lowest BCUT2D eigenvalue weighted by Crippen LogP contribution is -2.23. The van der Waals surface area contributed by atoms with Gasteiger partial charge in [-0.2, -0.15) is 0 Å². The summed E-state index contributed by atoms with van der Waals surface area (Å²) in [7, 11) is 1.32. The maximum atomic E-state index is 12.9. The number of ketones is 1. The molecule has 2 atom stereocenters. The van der Waals surface area contributed by atoms with Crippen molar-refractivity contribution in [2.75, 3.05) is 7.11 Å². The Labute approximate surface area is 160 Å². The number of hydrogen-bond acceptors (Lipinski definition) is 7. The van der Waals surface area contributed by atoms with Gasteiger partial charge in [0.25, 0.3) is 0 Å². The summed E-state index contributed by atoms with van der Waals surface area (Å²) in [6.07, 6.45) is -0.0515. The van der Waals surface area contributed by atoms with Gasteiger partial charge in [-0.25, -0.2) is 0 Å². The van der Waals surface area contributed by atoms with Crippen molar-refractivity contribution in [1.29, 1.82) is 0 Å². The van der Waals surface area contributed by atoms with E-state index < -0.39 is 17.9 Å². The van der Waals surface area contributed by atoms with Crippen LogP contribution in [0.5, 0.6) is 28.7 Å². The van der Waals surface area contributed by atoms with Crippen molar-refractivity contribution >= 4 is 11.7 Å². The van der Waals surface area contributed by atoms with Crippen LogP contribution >= 0.6 is 0 Å². The molecule has 0 aromatic heterocycles. The average molecular weight is 385 g/mol. The summed E-state index contributed by atoms with van der Waals surface area (Å²) in [5, 5.41) is 33.6. The molecule has 8 heteroatoms. The zero-order valence-corrected chi connectivity index (χ0v) is 15.1. The van der Waals surface area contributed by atoms with Crippen LogP contribution in [-0.4, -0.2) is 34.1 Å². The van der Waals surface area contributed by atoms with Gasteiger partial charge in [0.05, 0.1) is 25.1 Å². The predicted molar refractivity (Wildman–Crippen MR) is 96.9 cm³/mol. The highest BCUT2D eigenvalue weighted by Gasteiger charge is 2.39. The van der Waals surface area contributed by atoms with E-state index in [9.17, 15) is 24.9 Å².